The first kappa shape index (κ1) is 15.3. The third-order valence-corrected chi connectivity index (χ3v) is 4.43. The van der Waals surface area contributed by atoms with Crippen molar-refractivity contribution in [3.8, 4) is 0 Å². The van der Waals surface area contributed by atoms with Crippen LogP contribution in [0.4, 0.5) is 13.2 Å². The van der Waals surface area contributed by atoms with Gasteiger partial charge in [0.15, 0.2) is 0 Å². The van der Waals surface area contributed by atoms with Gasteiger partial charge in [0.05, 0.1) is 5.56 Å². The molecular formula is C12H11ClF3NO2S. The average Bonchev–Trinajstić information content (AvgIpc) is 2.37. The molecule has 0 radical (unpaired) electrons. The Labute approximate surface area is 121 Å². The summed E-state index contributed by atoms with van der Waals surface area (Å²) in [5, 5.41) is -0.135. The number of carbonyl (C=O) groups is 1. The van der Waals surface area contributed by atoms with E-state index >= 15 is 0 Å². The highest BCUT2D eigenvalue weighted by atomic mass is 35.5. The number of carbonyl (C=O) groups excluding carboxylic acids is 1. The SMILES string of the molecule is O=C(c1cc(Cl)cc(C(F)(F)F)c1)N1CCS(=O)CC1. The second-order valence-electron chi connectivity index (χ2n) is 4.37. The number of halogens is 4. The predicted molar refractivity (Wildman–Crippen MR) is 70.2 cm³/mol. The fourth-order valence-electron chi connectivity index (χ4n) is 1.90. The summed E-state index contributed by atoms with van der Waals surface area (Å²) in [6, 6.07) is 2.79. The van der Waals surface area contributed by atoms with E-state index in [1.54, 1.807) is 0 Å². The first-order valence-electron chi connectivity index (χ1n) is 5.79. The highest BCUT2D eigenvalue weighted by Crippen LogP contribution is 2.32. The van der Waals surface area contributed by atoms with Gasteiger partial charge in [0.2, 0.25) is 0 Å². The first-order chi connectivity index (χ1) is 9.27. The van der Waals surface area contributed by atoms with Crippen molar-refractivity contribution in [1.82, 2.24) is 4.90 Å². The van der Waals surface area contributed by atoms with Crippen LogP contribution >= 0.6 is 11.6 Å². The van der Waals surface area contributed by atoms with Gasteiger partial charge in [-0.1, -0.05) is 11.6 Å². The van der Waals surface area contributed by atoms with Gasteiger partial charge in [-0.25, -0.2) is 0 Å². The summed E-state index contributed by atoms with van der Waals surface area (Å²) in [5.41, 5.74) is -1.05. The summed E-state index contributed by atoms with van der Waals surface area (Å²) < 4.78 is 49.3. The van der Waals surface area contributed by atoms with E-state index in [2.05, 4.69) is 0 Å². The number of hydrogen-bond acceptors (Lipinski definition) is 2. The van der Waals surface area contributed by atoms with Gasteiger partial charge in [0, 0.05) is 46.0 Å². The van der Waals surface area contributed by atoms with E-state index in [0.717, 1.165) is 12.1 Å². The van der Waals surface area contributed by atoms with Gasteiger partial charge in [-0.2, -0.15) is 13.2 Å². The Morgan fingerprint density at radius 1 is 1.20 bits per heavy atom. The van der Waals surface area contributed by atoms with Gasteiger partial charge < -0.3 is 4.90 Å². The van der Waals surface area contributed by atoms with E-state index in [-0.39, 0.29) is 23.7 Å². The summed E-state index contributed by atoms with van der Waals surface area (Å²) in [5.74, 6) is 0.173. The lowest BCUT2D eigenvalue weighted by Crippen LogP contribution is -2.41. The molecule has 1 aliphatic rings. The lowest BCUT2D eigenvalue weighted by atomic mass is 10.1. The molecule has 0 atom stereocenters. The van der Waals surface area contributed by atoms with E-state index in [9.17, 15) is 22.2 Å². The van der Waals surface area contributed by atoms with Gasteiger partial charge >= 0.3 is 6.18 Å². The van der Waals surface area contributed by atoms with Crippen LogP contribution in [0.3, 0.4) is 0 Å². The minimum Gasteiger partial charge on any atom is -0.337 e. The van der Waals surface area contributed by atoms with Crippen LogP contribution in [0.5, 0.6) is 0 Å². The molecule has 110 valence electrons. The van der Waals surface area contributed by atoms with E-state index in [1.165, 1.54) is 11.0 Å². The molecular weight excluding hydrogens is 315 g/mol. The van der Waals surface area contributed by atoms with Crippen molar-refractivity contribution in [2.24, 2.45) is 0 Å². The molecule has 8 heteroatoms. The molecule has 3 nitrogen and oxygen atoms in total. The molecule has 0 spiro atoms. The molecule has 20 heavy (non-hydrogen) atoms. The van der Waals surface area contributed by atoms with Crippen LogP contribution in [0.1, 0.15) is 15.9 Å². The molecule has 1 heterocycles. The molecule has 1 saturated heterocycles. The normalized spacial score (nSPS) is 17.3. The van der Waals surface area contributed by atoms with E-state index in [1.807, 2.05) is 0 Å². The van der Waals surface area contributed by atoms with Crippen molar-refractivity contribution in [1.29, 1.82) is 0 Å². The van der Waals surface area contributed by atoms with Gasteiger partial charge in [-0.15, -0.1) is 0 Å². The van der Waals surface area contributed by atoms with E-state index in [0.29, 0.717) is 11.5 Å². The lowest BCUT2D eigenvalue weighted by molar-refractivity contribution is -0.137. The summed E-state index contributed by atoms with van der Waals surface area (Å²) in [6.07, 6.45) is -4.55. The molecule has 1 aliphatic heterocycles. The van der Waals surface area contributed by atoms with Crippen molar-refractivity contribution >= 4 is 28.3 Å². The number of nitrogens with zero attached hydrogens (tertiary/aromatic N) is 1. The average molecular weight is 326 g/mol. The van der Waals surface area contributed by atoms with Crippen molar-refractivity contribution in [2.75, 3.05) is 24.6 Å². The molecule has 0 saturated carbocycles. The highest BCUT2D eigenvalue weighted by molar-refractivity contribution is 7.85. The Bertz CT molecular complexity index is 552. The number of hydrogen-bond donors (Lipinski definition) is 0. The van der Waals surface area contributed by atoms with E-state index < -0.39 is 28.4 Å². The third kappa shape index (κ3) is 3.52. The van der Waals surface area contributed by atoms with Crippen molar-refractivity contribution < 1.29 is 22.2 Å². The maximum absolute atomic E-state index is 12.7. The monoisotopic (exact) mass is 325 g/mol. The number of amides is 1. The van der Waals surface area contributed by atoms with Crippen LogP contribution in [0.15, 0.2) is 18.2 Å². The zero-order valence-electron chi connectivity index (χ0n) is 10.2. The van der Waals surface area contributed by atoms with Crippen LogP contribution in [-0.4, -0.2) is 39.6 Å². The fourth-order valence-corrected chi connectivity index (χ4v) is 3.19. The second-order valence-corrected chi connectivity index (χ2v) is 6.50. The zero-order valence-corrected chi connectivity index (χ0v) is 11.8. The number of rotatable bonds is 1. The predicted octanol–water partition coefficient (Wildman–Crippen LogP) is 2.56. The summed E-state index contributed by atoms with van der Waals surface area (Å²) >= 11 is 5.64. The minimum atomic E-state index is -4.55. The lowest BCUT2D eigenvalue weighted by Gasteiger charge is -2.26. The van der Waals surface area contributed by atoms with Gasteiger partial charge in [0.25, 0.3) is 5.91 Å². The molecule has 1 fully saturated rings. The Morgan fingerprint density at radius 2 is 1.80 bits per heavy atom. The Hall–Kier alpha value is -1.08. The molecule has 0 N–H and O–H groups in total. The van der Waals surface area contributed by atoms with Gasteiger partial charge in [-0.3, -0.25) is 9.00 Å². The van der Waals surface area contributed by atoms with Gasteiger partial charge in [-0.05, 0) is 18.2 Å². The molecule has 1 aromatic carbocycles. The number of benzene rings is 1. The molecule has 1 aromatic rings. The smallest absolute Gasteiger partial charge is 0.337 e. The summed E-state index contributed by atoms with van der Waals surface area (Å²) in [7, 11) is -0.957. The Balaban J connectivity index is 2.26. The fraction of sp³-hybridized carbons (Fsp3) is 0.417. The molecule has 2 rings (SSSR count). The Kier molecular flexibility index (Phi) is 4.39. The maximum atomic E-state index is 12.7. The third-order valence-electron chi connectivity index (χ3n) is 2.94. The number of alkyl halides is 3. The first-order valence-corrected chi connectivity index (χ1v) is 7.66. The van der Waals surface area contributed by atoms with Crippen LogP contribution < -0.4 is 0 Å². The van der Waals surface area contributed by atoms with Crippen molar-refractivity contribution in [3.63, 3.8) is 0 Å². The summed E-state index contributed by atoms with van der Waals surface area (Å²) in [4.78, 5) is 13.5. The van der Waals surface area contributed by atoms with Crippen LogP contribution in [0.25, 0.3) is 0 Å². The standard InChI is InChI=1S/C12H11ClF3NO2S/c13-10-6-8(5-9(7-10)12(14,15)16)11(18)17-1-3-20(19)4-2-17/h5-7H,1-4H2. The van der Waals surface area contributed by atoms with Crippen LogP contribution in [-0.2, 0) is 17.0 Å². The molecule has 0 aromatic heterocycles. The largest absolute Gasteiger partial charge is 0.416 e. The second kappa shape index (κ2) is 5.73. The topological polar surface area (TPSA) is 37.4 Å². The van der Waals surface area contributed by atoms with Gasteiger partial charge in [0.1, 0.15) is 0 Å². The minimum absolute atomic E-state index is 0.0995. The maximum Gasteiger partial charge on any atom is 0.416 e. The highest BCUT2D eigenvalue weighted by Gasteiger charge is 2.32. The van der Waals surface area contributed by atoms with Crippen LogP contribution in [0.2, 0.25) is 5.02 Å². The summed E-state index contributed by atoms with van der Waals surface area (Å²) in [6.45, 7) is 0.554. The Morgan fingerprint density at radius 3 is 2.35 bits per heavy atom. The molecule has 0 bridgehead atoms. The van der Waals surface area contributed by atoms with Crippen molar-refractivity contribution in [3.05, 3.63) is 34.3 Å². The molecule has 1 amide bonds. The van der Waals surface area contributed by atoms with E-state index in [4.69, 9.17) is 11.6 Å². The molecule has 0 aliphatic carbocycles. The zero-order chi connectivity index (χ0) is 14.9. The molecule has 0 unspecified atom stereocenters. The van der Waals surface area contributed by atoms with Crippen LogP contribution in [0, 0.1) is 0 Å². The van der Waals surface area contributed by atoms with Crippen molar-refractivity contribution in [2.45, 2.75) is 6.18 Å². The quantitative estimate of drug-likeness (QED) is 0.796.